The Bertz CT molecular complexity index is 578. The summed E-state index contributed by atoms with van der Waals surface area (Å²) in [5, 5.41) is -0.476. The van der Waals surface area contributed by atoms with Crippen LogP contribution in [0.25, 0.3) is 0 Å². The first-order valence-corrected chi connectivity index (χ1v) is 30.0. The van der Waals surface area contributed by atoms with E-state index in [1.165, 1.54) is 0 Å². The fourth-order valence-electron chi connectivity index (χ4n) is 4.26. The lowest BCUT2D eigenvalue weighted by Crippen LogP contribution is -2.71. The van der Waals surface area contributed by atoms with Crippen molar-refractivity contribution in [3.05, 3.63) is 0 Å². The fourth-order valence-corrected chi connectivity index (χ4v) is 29.9. The van der Waals surface area contributed by atoms with Crippen LogP contribution in [0.2, 0.25) is 70.1 Å². The van der Waals surface area contributed by atoms with Crippen molar-refractivity contribution in [2.45, 2.75) is 112 Å². The van der Waals surface area contributed by atoms with E-state index < -0.39 is 56.5 Å². The smallest absolute Gasteiger partial charge is 0.417 e. The Kier molecular flexibility index (Phi) is 17.0. The molecule has 0 amide bonds. The Labute approximate surface area is 241 Å². The summed E-state index contributed by atoms with van der Waals surface area (Å²) in [7, 11) is -17.1. The van der Waals surface area contributed by atoms with Crippen LogP contribution >= 0.6 is 0 Å². The normalized spacial score (nSPS) is 15.2. The summed E-state index contributed by atoms with van der Waals surface area (Å²) >= 11 is 0. The highest BCUT2D eigenvalue weighted by Crippen LogP contribution is 2.46. The zero-order chi connectivity index (χ0) is 29.9. The van der Waals surface area contributed by atoms with Gasteiger partial charge in [-0.2, -0.15) is 0 Å². The van der Waals surface area contributed by atoms with Crippen molar-refractivity contribution in [2.75, 3.05) is 39.6 Å². The van der Waals surface area contributed by atoms with Gasteiger partial charge in [-0.1, -0.05) is 0 Å². The maximum Gasteiger partial charge on any atom is 0.508 e. The topological polar surface area (TPSA) is 83.1 Å². The lowest BCUT2D eigenvalue weighted by Gasteiger charge is -2.50. The van der Waals surface area contributed by atoms with Gasteiger partial charge in [0, 0.05) is 45.7 Å². The van der Waals surface area contributed by atoms with Crippen LogP contribution < -0.4 is 0 Å². The maximum atomic E-state index is 7.22. The third-order valence-corrected chi connectivity index (χ3v) is 25.8. The third kappa shape index (κ3) is 13.3. The van der Waals surface area contributed by atoms with Crippen LogP contribution in [0.4, 0.5) is 0 Å². The number of hydrogen-bond donors (Lipinski definition) is 0. The molecular formula is C23H60O9Si6. The Balaban J connectivity index is 7.79. The molecule has 0 aromatic heterocycles. The second-order valence-corrected chi connectivity index (χ2v) is 34.9. The zero-order valence-electron chi connectivity index (χ0n) is 27.2. The molecule has 0 saturated carbocycles. The summed E-state index contributed by atoms with van der Waals surface area (Å²) < 4.78 is 60.6. The van der Waals surface area contributed by atoms with Crippen LogP contribution in [0.5, 0.6) is 0 Å². The van der Waals surface area contributed by atoms with Gasteiger partial charge in [0.15, 0.2) is 25.0 Å². The average molecular weight is 649 g/mol. The Morgan fingerprint density at radius 3 is 0.868 bits per heavy atom. The average Bonchev–Trinajstić information content (AvgIpc) is 2.69. The van der Waals surface area contributed by atoms with Crippen LogP contribution in [0.1, 0.15) is 41.5 Å². The molecule has 0 rings (SSSR count). The van der Waals surface area contributed by atoms with Gasteiger partial charge >= 0.3 is 26.4 Å². The lowest BCUT2D eigenvalue weighted by atomic mass is 10.9. The Morgan fingerprint density at radius 2 is 0.658 bits per heavy atom. The molecule has 9 nitrogen and oxygen atoms in total. The van der Waals surface area contributed by atoms with E-state index in [2.05, 4.69) is 58.9 Å². The van der Waals surface area contributed by atoms with E-state index in [4.69, 9.17) is 38.9 Å². The van der Waals surface area contributed by atoms with Gasteiger partial charge in [0.2, 0.25) is 0 Å². The molecule has 0 aromatic carbocycles. The van der Waals surface area contributed by atoms with Gasteiger partial charge in [0.25, 0.3) is 0 Å². The number of hydrogen-bond acceptors (Lipinski definition) is 9. The van der Waals surface area contributed by atoms with Crippen molar-refractivity contribution >= 4 is 51.4 Å². The van der Waals surface area contributed by atoms with Crippen molar-refractivity contribution in [3.8, 4) is 0 Å². The van der Waals surface area contributed by atoms with Gasteiger partial charge < -0.3 is 38.9 Å². The highest BCUT2D eigenvalue weighted by Gasteiger charge is 2.71. The monoisotopic (exact) mass is 648 g/mol. The molecule has 1 atom stereocenters. The van der Waals surface area contributed by atoms with Crippen molar-refractivity contribution in [1.82, 2.24) is 0 Å². The highest BCUT2D eigenvalue weighted by atomic mass is 28.5. The minimum Gasteiger partial charge on any atom is -0.417 e. The predicted molar refractivity (Wildman–Crippen MR) is 169 cm³/mol. The van der Waals surface area contributed by atoms with Crippen molar-refractivity contribution in [2.24, 2.45) is 0 Å². The molecule has 0 N–H and O–H groups in total. The quantitative estimate of drug-likeness (QED) is 0.122. The summed E-state index contributed by atoms with van der Waals surface area (Å²) in [6.07, 6.45) is 0. The summed E-state index contributed by atoms with van der Waals surface area (Å²) in [4.78, 5) is 0. The molecule has 0 saturated heterocycles. The van der Waals surface area contributed by atoms with E-state index in [0.29, 0.717) is 45.7 Å². The molecule has 0 aliphatic heterocycles. The first kappa shape index (κ1) is 38.9. The molecule has 0 fully saturated rings. The van der Waals surface area contributed by atoms with Crippen molar-refractivity contribution in [3.63, 3.8) is 0 Å². The lowest BCUT2D eigenvalue weighted by molar-refractivity contribution is 0.0482. The summed E-state index contributed by atoms with van der Waals surface area (Å²) in [6, 6.07) is 0.375. The minimum absolute atomic E-state index is 0.375. The van der Waals surface area contributed by atoms with E-state index in [1.54, 1.807) is 0 Å². The summed E-state index contributed by atoms with van der Waals surface area (Å²) in [5.74, 6) is 0. The first-order valence-electron chi connectivity index (χ1n) is 14.3. The molecule has 0 aliphatic carbocycles. The van der Waals surface area contributed by atoms with Gasteiger partial charge in [-0.3, -0.25) is 0 Å². The molecule has 0 radical (unpaired) electrons. The molecule has 0 aromatic rings. The summed E-state index contributed by atoms with van der Waals surface area (Å²) in [6.45, 7) is 34.0. The second-order valence-electron chi connectivity index (χ2n) is 11.9. The molecule has 0 heterocycles. The Morgan fingerprint density at radius 1 is 0.395 bits per heavy atom. The standard InChI is InChI=1S/C23H60O9Si6/c1-16-24-36(25-17-2,26-18-3)22-23(37(27-19-4,28-20-5)29-21-6)38(30-33(7,8)9,31-34(10,11)12)32-35(13,14)15/h23H,16-22H2,1-15H3. The van der Waals surface area contributed by atoms with Gasteiger partial charge in [-0.15, -0.1) is 0 Å². The van der Waals surface area contributed by atoms with Crippen LogP contribution in [0.3, 0.4) is 0 Å². The fraction of sp³-hybridized carbons (Fsp3) is 1.00. The predicted octanol–water partition coefficient (Wildman–Crippen LogP) is 6.49. The summed E-state index contributed by atoms with van der Waals surface area (Å²) in [5.41, 5.74) is 0. The van der Waals surface area contributed by atoms with Gasteiger partial charge in [-0.05, 0) is 100 Å². The first-order chi connectivity index (χ1) is 17.3. The van der Waals surface area contributed by atoms with E-state index >= 15 is 0 Å². The third-order valence-electron chi connectivity index (χ3n) is 4.78. The van der Waals surface area contributed by atoms with Crippen LogP contribution in [-0.4, -0.2) is 91.0 Å². The van der Waals surface area contributed by atoms with Gasteiger partial charge in [0.1, 0.15) is 5.16 Å². The molecule has 0 spiro atoms. The van der Waals surface area contributed by atoms with E-state index in [1.807, 2.05) is 41.5 Å². The van der Waals surface area contributed by atoms with E-state index in [-0.39, 0.29) is 0 Å². The van der Waals surface area contributed by atoms with Crippen molar-refractivity contribution in [1.29, 1.82) is 0 Å². The largest absolute Gasteiger partial charge is 0.508 e. The number of rotatable bonds is 22. The van der Waals surface area contributed by atoms with Crippen LogP contribution in [0, 0.1) is 0 Å². The zero-order valence-corrected chi connectivity index (χ0v) is 33.2. The van der Waals surface area contributed by atoms with Crippen LogP contribution in [-0.2, 0) is 38.9 Å². The van der Waals surface area contributed by atoms with Crippen molar-refractivity contribution < 1.29 is 38.9 Å². The second kappa shape index (κ2) is 16.5. The molecule has 0 bridgehead atoms. The highest BCUT2D eigenvalue weighted by molar-refractivity contribution is 6.96. The van der Waals surface area contributed by atoms with Gasteiger partial charge in [0.05, 0.1) is 0 Å². The molecule has 1 unspecified atom stereocenters. The molecule has 230 valence electrons. The van der Waals surface area contributed by atoms with E-state index in [9.17, 15) is 0 Å². The molecule has 15 heteroatoms. The Hall–Kier alpha value is 0.941. The van der Waals surface area contributed by atoms with Gasteiger partial charge in [-0.25, -0.2) is 0 Å². The maximum absolute atomic E-state index is 7.22. The van der Waals surface area contributed by atoms with Crippen LogP contribution in [0.15, 0.2) is 0 Å². The molecule has 0 aliphatic rings. The minimum atomic E-state index is -3.61. The molecule has 38 heavy (non-hydrogen) atoms. The SMILES string of the molecule is CCO[Si](CC([Si](OCC)(OCC)OCC)[Si](O[Si](C)(C)C)(O[Si](C)(C)C)O[Si](C)(C)C)(OCC)OCC. The van der Waals surface area contributed by atoms with E-state index in [0.717, 1.165) is 0 Å². The molecular weight excluding hydrogens is 589 g/mol.